The van der Waals surface area contributed by atoms with Gasteiger partial charge >= 0.3 is 5.69 Å². The van der Waals surface area contributed by atoms with Gasteiger partial charge in [-0.25, -0.2) is 22.5 Å². The van der Waals surface area contributed by atoms with Crippen LogP contribution >= 0.6 is 0 Å². The van der Waals surface area contributed by atoms with Gasteiger partial charge in [-0.1, -0.05) is 38.1 Å². The summed E-state index contributed by atoms with van der Waals surface area (Å²) < 4.78 is 62.6. The highest BCUT2D eigenvalue weighted by Crippen LogP contribution is 2.54. The number of piperazine rings is 1. The molecule has 80 heavy (non-hydrogen) atoms. The number of aromatic nitrogens is 4. The van der Waals surface area contributed by atoms with Crippen LogP contribution in [0.5, 0.6) is 23.1 Å². The Kier molecular flexibility index (Phi) is 15.3. The minimum absolute atomic E-state index is 0.0157. The maximum Gasteiger partial charge on any atom is 0.312 e. The van der Waals surface area contributed by atoms with E-state index in [9.17, 15) is 32.8 Å². The molecule has 424 valence electrons. The monoisotopic (exact) mass is 1110 g/mol. The predicted octanol–water partition coefficient (Wildman–Crippen LogP) is 9.99. The number of aliphatic hydroxyl groups is 1. The Morgan fingerprint density at radius 2 is 1.69 bits per heavy atom. The van der Waals surface area contributed by atoms with Gasteiger partial charge < -0.3 is 34.5 Å². The third kappa shape index (κ3) is 11.5. The molecule has 6 heterocycles. The number of nitrogens with one attached hydrogen (secondary N) is 3. The number of fused-ring (bicyclic) bond motifs is 1. The van der Waals surface area contributed by atoms with Gasteiger partial charge in [0.25, 0.3) is 21.8 Å². The number of pyridine rings is 3. The summed E-state index contributed by atoms with van der Waals surface area (Å²) in [6.07, 6.45) is 13.2. The molecular formula is C59H71FN10O9S. The fourth-order valence-electron chi connectivity index (χ4n) is 12.7. The van der Waals surface area contributed by atoms with E-state index >= 15 is 0 Å². The average molecular weight is 1120 g/mol. The lowest BCUT2D eigenvalue weighted by molar-refractivity contribution is -0.384. The van der Waals surface area contributed by atoms with Crippen LogP contribution < -0.4 is 29.1 Å². The Labute approximate surface area is 465 Å². The van der Waals surface area contributed by atoms with Gasteiger partial charge in [-0.15, -0.1) is 0 Å². The van der Waals surface area contributed by atoms with Gasteiger partial charge in [0.1, 0.15) is 27.9 Å². The van der Waals surface area contributed by atoms with E-state index in [4.69, 9.17) is 19.2 Å². The third-order valence-electron chi connectivity index (χ3n) is 17.5. The van der Waals surface area contributed by atoms with Crippen LogP contribution in [0, 0.1) is 27.3 Å². The van der Waals surface area contributed by atoms with E-state index in [1.165, 1.54) is 48.8 Å². The highest BCUT2D eigenvalue weighted by Gasteiger charge is 2.50. The normalized spacial score (nSPS) is 21.8. The number of nitro groups is 1. The van der Waals surface area contributed by atoms with Gasteiger partial charge in [-0.3, -0.25) is 29.7 Å². The first-order chi connectivity index (χ1) is 38.4. The molecule has 4 aromatic heterocycles. The number of nitrogens with zero attached hydrogens (tertiary/aromatic N) is 7. The Bertz CT molecular complexity index is 3400. The van der Waals surface area contributed by atoms with E-state index in [1.807, 2.05) is 6.20 Å². The molecule has 21 heteroatoms. The van der Waals surface area contributed by atoms with Crippen molar-refractivity contribution in [2.75, 3.05) is 63.7 Å². The molecule has 0 unspecified atom stereocenters. The topological polar surface area (TPSA) is 231 Å². The van der Waals surface area contributed by atoms with Gasteiger partial charge in [0, 0.05) is 106 Å². The van der Waals surface area contributed by atoms with Crippen molar-refractivity contribution < 1.29 is 41.8 Å². The molecule has 6 aromatic rings. The van der Waals surface area contributed by atoms with Crippen LogP contribution in [0.3, 0.4) is 0 Å². The molecule has 3 saturated carbocycles. The second kappa shape index (κ2) is 22.2. The highest BCUT2D eigenvalue weighted by molar-refractivity contribution is 7.90. The molecule has 1 spiro atoms. The number of sulfonamides is 1. The Morgan fingerprint density at radius 1 is 0.925 bits per heavy atom. The zero-order valence-corrected chi connectivity index (χ0v) is 46.9. The molecule has 2 aromatic carbocycles. The predicted molar refractivity (Wildman–Crippen MR) is 301 cm³/mol. The molecule has 5 fully saturated rings. The van der Waals surface area contributed by atoms with E-state index in [1.54, 1.807) is 26.2 Å². The second-order valence-electron chi connectivity index (χ2n) is 23.4. The van der Waals surface area contributed by atoms with Crippen molar-refractivity contribution in [2.24, 2.45) is 11.3 Å². The zero-order chi connectivity index (χ0) is 56.1. The van der Waals surface area contributed by atoms with Gasteiger partial charge in [-0.2, -0.15) is 4.98 Å². The summed E-state index contributed by atoms with van der Waals surface area (Å²) >= 11 is 0. The first-order valence-electron chi connectivity index (χ1n) is 27.9. The Hall–Kier alpha value is -6.94. The minimum atomic E-state index is -4.75. The van der Waals surface area contributed by atoms with Gasteiger partial charge in [0.15, 0.2) is 5.75 Å². The van der Waals surface area contributed by atoms with E-state index in [-0.39, 0.29) is 57.2 Å². The fourth-order valence-corrected chi connectivity index (χ4v) is 13.6. The van der Waals surface area contributed by atoms with E-state index < -0.39 is 42.9 Å². The second-order valence-corrected chi connectivity index (χ2v) is 25.1. The Balaban J connectivity index is 0.798. The number of aromatic amines is 1. The number of methoxy groups -OCH3 is 2. The minimum Gasteiger partial charge on any atom is -0.496 e. The zero-order valence-electron chi connectivity index (χ0n) is 46.0. The third-order valence-corrected chi connectivity index (χ3v) is 18.8. The van der Waals surface area contributed by atoms with Crippen molar-refractivity contribution in [2.45, 2.75) is 126 Å². The van der Waals surface area contributed by atoms with Crippen molar-refractivity contribution in [3.63, 3.8) is 0 Å². The number of anilines is 2. The van der Waals surface area contributed by atoms with Crippen molar-refractivity contribution in [3.05, 3.63) is 123 Å². The van der Waals surface area contributed by atoms with Crippen LogP contribution in [0.4, 0.5) is 21.6 Å². The lowest BCUT2D eigenvalue weighted by atomic mass is 9.59. The largest absolute Gasteiger partial charge is 0.496 e. The summed E-state index contributed by atoms with van der Waals surface area (Å²) in [4.78, 5) is 48.9. The molecule has 3 aliphatic carbocycles. The highest BCUT2D eigenvalue weighted by atomic mass is 32.2. The summed E-state index contributed by atoms with van der Waals surface area (Å²) in [5.74, 6) is 0.118. The maximum atomic E-state index is 15.0. The summed E-state index contributed by atoms with van der Waals surface area (Å²) in [6.45, 7) is 11.7. The van der Waals surface area contributed by atoms with Crippen molar-refractivity contribution in [1.29, 1.82) is 0 Å². The number of ether oxygens (including phenoxy) is 3. The van der Waals surface area contributed by atoms with Crippen molar-refractivity contribution in [3.8, 4) is 23.1 Å². The summed E-state index contributed by atoms with van der Waals surface area (Å²) in [6, 6.07) is 18.8. The Morgan fingerprint density at radius 3 is 2.40 bits per heavy atom. The standard InChI is InChI=1S/C59H71FN10O9S/c1-36(2)43-8-6-7-9-44(43)50-35-67(34-39-24-51(77-4)47(32-61-39)38-10-11-38)22-23-69(50)41-28-59(29-41)18-20-68(21-19-59)40-12-13-45(52(25-40)79-53-27-46-48(60)33-64-54(46)65-57(53)78-5)56(71)66-80(75,76)42-26-49(70(73)74)55(63-31-42)62-30-37-14-16-58(3,72)17-15-37/h6-9,12-13,24-27,31-33,36-38,41,50,72H,10-11,14-23,28-30,34-35H2,1-5H3,(H,62,63)(H,64,65)(H,66,71)/t37?,50-,58?/m0/s1. The number of piperidine rings is 1. The number of H-pyrrole nitrogens is 1. The molecule has 5 aliphatic rings. The summed E-state index contributed by atoms with van der Waals surface area (Å²) in [5.41, 5.74) is 4.58. The molecule has 4 N–H and O–H groups in total. The molecule has 1 atom stereocenters. The molecule has 19 nitrogen and oxygen atoms in total. The van der Waals surface area contributed by atoms with Gasteiger partial charge in [0.05, 0.1) is 47.6 Å². The number of hydrogen-bond acceptors (Lipinski definition) is 16. The number of hydrogen-bond donors (Lipinski definition) is 4. The molecule has 0 bridgehead atoms. The van der Waals surface area contributed by atoms with Crippen LogP contribution in [-0.2, 0) is 16.6 Å². The smallest absolute Gasteiger partial charge is 0.312 e. The molecule has 2 aliphatic heterocycles. The van der Waals surface area contributed by atoms with Gasteiger partial charge in [0.2, 0.25) is 5.82 Å². The first-order valence-corrected chi connectivity index (χ1v) is 29.4. The van der Waals surface area contributed by atoms with E-state index in [0.29, 0.717) is 50.1 Å². The van der Waals surface area contributed by atoms with E-state index in [0.717, 1.165) is 101 Å². The maximum absolute atomic E-state index is 15.0. The number of amides is 1. The number of benzene rings is 2. The van der Waals surface area contributed by atoms with Crippen LogP contribution in [0.15, 0.2) is 84.1 Å². The number of rotatable bonds is 18. The molecule has 1 amide bonds. The van der Waals surface area contributed by atoms with Crippen LogP contribution in [0.25, 0.3) is 11.0 Å². The van der Waals surface area contributed by atoms with Crippen LogP contribution in [0.1, 0.15) is 136 Å². The quantitative estimate of drug-likeness (QED) is 0.0463. The fraction of sp³-hybridized carbons (Fsp3) is 0.492. The SMILES string of the molecule is COc1cc(CN2CCN(C3CC4(CCN(c5ccc(C(=O)NS(=O)(=O)c6cnc(NCC7CCC(C)(O)CC7)c([N+](=O)[O-])c6)c(Oc6cc7c(F)c[nH]c7nc6OC)c5)CC4)C3)[C@H](c3ccccc3C(C)C)C2)ncc1C1CC1. The van der Waals surface area contributed by atoms with E-state index in [2.05, 4.69) is 83.9 Å². The number of carbonyl (C=O) groups excluding carboxylic acids is 1. The number of carbonyl (C=O) groups is 1. The summed E-state index contributed by atoms with van der Waals surface area (Å²) in [7, 11) is -1.62. The lowest BCUT2D eigenvalue weighted by Crippen LogP contribution is -2.60. The average Bonchev–Trinajstić information content (AvgIpc) is 4.33. The first kappa shape index (κ1) is 55.0. The van der Waals surface area contributed by atoms with Gasteiger partial charge in [-0.05, 0) is 118 Å². The van der Waals surface area contributed by atoms with Crippen molar-refractivity contribution >= 4 is 44.2 Å². The molecule has 11 rings (SSSR count). The summed E-state index contributed by atoms with van der Waals surface area (Å²) in [5, 5.41) is 25.7. The van der Waals surface area contributed by atoms with Crippen LogP contribution in [-0.4, -0.2) is 119 Å². The molecule has 0 radical (unpaired) electrons. The van der Waals surface area contributed by atoms with Crippen LogP contribution in [0.2, 0.25) is 0 Å². The molecular weight excluding hydrogens is 1040 g/mol. The number of halogens is 1. The lowest BCUT2D eigenvalue weighted by Gasteiger charge is -2.58. The van der Waals surface area contributed by atoms with Crippen molar-refractivity contribution in [1.82, 2.24) is 34.5 Å². The molecule has 2 saturated heterocycles.